The molecule has 1 aliphatic rings. The number of hydrogen-bond donors (Lipinski definition) is 2. The molecule has 1 aliphatic carbocycles. The van der Waals surface area contributed by atoms with Crippen LogP contribution >= 0.6 is 0 Å². The van der Waals surface area contributed by atoms with E-state index in [1.807, 2.05) is 25.2 Å². The van der Waals surface area contributed by atoms with E-state index >= 15 is 0 Å². The fourth-order valence-corrected chi connectivity index (χ4v) is 3.67. The van der Waals surface area contributed by atoms with Crippen LogP contribution in [0.4, 0.5) is 11.8 Å². The topological polar surface area (TPSA) is 86.1 Å². The Bertz CT molecular complexity index is 965. The maximum Gasteiger partial charge on any atom is 0.226 e. The molecule has 2 heterocycles. The first-order valence-corrected chi connectivity index (χ1v) is 9.59. The number of nitrogens with zero attached hydrogens (tertiary/aromatic N) is 4. The lowest BCUT2D eigenvalue weighted by molar-refractivity contribution is 0.399. The summed E-state index contributed by atoms with van der Waals surface area (Å²) in [5.74, 6) is 2.98. The van der Waals surface area contributed by atoms with Gasteiger partial charge in [0.15, 0.2) is 5.65 Å². The van der Waals surface area contributed by atoms with Crippen LogP contribution in [0.25, 0.3) is 11.0 Å². The molecule has 0 radical (unpaired) electrons. The zero-order valence-electron chi connectivity index (χ0n) is 16.5. The minimum atomic E-state index is 0.442. The van der Waals surface area contributed by atoms with Gasteiger partial charge in [0.2, 0.25) is 5.95 Å². The molecule has 1 saturated carbocycles. The highest BCUT2D eigenvalue weighted by Crippen LogP contribution is 2.28. The molecule has 0 amide bonds. The highest BCUT2D eigenvalue weighted by molar-refractivity contribution is 5.87. The van der Waals surface area contributed by atoms with Crippen LogP contribution in [0.2, 0.25) is 0 Å². The molecule has 1 fully saturated rings. The van der Waals surface area contributed by atoms with Crippen molar-refractivity contribution in [2.75, 3.05) is 24.9 Å². The Kier molecular flexibility index (Phi) is 5.18. The largest absolute Gasteiger partial charge is 0.497 e. The van der Waals surface area contributed by atoms with Gasteiger partial charge in [-0.2, -0.15) is 15.1 Å². The van der Waals surface area contributed by atoms with Crippen LogP contribution in [-0.2, 0) is 13.6 Å². The lowest BCUT2D eigenvalue weighted by Gasteiger charge is -2.15. The van der Waals surface area contributed by atoms with Crippen LogP contribution in [0.3, 0.4) is 0 Å². The number of benzene rings is 1. The molecule has 8 nitrogen and oxygen atoms in total. The van der Waals surface area contributed by atoms with Crippen LogP contribution in [-0.4, -0.2) is 40.0 Å². The smallest absolute Gasteiger partial charge is 0.226 e. The fourth-order valence-electron chi connectivity index (χ4n) is 3.67. The Labute approximate surface area is 164 Å². The van der Waals surface area contributed by atoms with Gasteiger partial charge in [0.05, 0.1) is 25.8 Å². The van der Waals surface area contributed by atoms with E-state index in [0.29, 0.717) is 18.5 Å². The van der Waals surface area contributed by atoms with E-state index in [-0.39, 0.29) is 0 Å². The first-order valence-electron chi connectivity index (χ1n) is 9.59. The van der Waals surface area contributed by atoms with Crippen molar-refractivity contribution in [3.8, 4) is 11.5 Å². The summed E-state index contributed by atoms with van der Waals surface area (Å²) < 4.78 is 12.6. The van der Waals surface area contributed by atoms with Gasteiger partial charge in [0, 0.05) is 25.2 Å². The van der Waals surface area contributed by atoms with Gasteiger partial charge in [-0.05, 0) is 31.0 Å². The average Bonchev–Trinajstić information content (AvgIpc) is 3.36. The number of aromatic nitrogens is 4. The van der Waals surface area contributed by atoms with E-state index in [4.69, 9.17) is 14.5 Å². The molecule has 0 aliphatic heterocycles. The Morgan fingerprint density at radius 1 is 1.14 bits per heavy atom. The van der Waals surface area contributed by atoms with Crippen LogP contribution in [0.5, 0.6) is 11.5 Å². The first-order chi connectivity index (χ1) is 13.7. The molecule has 0 unspecified atom stereocenters. The Morgan fingerprint density at radius 2 is 1.96 bits per heavy atom. The molecule has 4 rings (SSSR count). The minimum Gasteiger partial charge on any atom is -0.497 e. The monoisotopic (exact) mass is 382 g/mol. The van der Waals surface area contributed by atoms with Gasteiger partial charge in [-0.3, -0.25) is 4.68 Å². The fraction of sp³-hybridized carbons (Fsp3) is 0.450. The van der Waals surface area contributed by atoms with Gasteiger partial charge >= 0.3 is 0 Å². The third-order valence-electron chi connectivity index (χ3n) is 5.21. The number of aryl methyl sites for hydroxylation is 1. The quantitative estimate of drug-likeness (QED) is 0.648. The van der Waals surface area contributed by atoms with Gasteiger partial charge in [0.1, 0.15) is 17.3 Å². The van der Waals surface area contributed by atoms with Crippen molar-refractivity contribution in [1.82, 2.24) is 19.7 Å². The molecule has 0 saturated heterocycles. The van der Waals surface area contributed by atoms with Crippen molar-refractivity contribution in [1.29, 1.82) is 0 Å². The van der Waals surface area contributed by atoms with Crippen molar-refractivity contribution in [2.24, 2.45) is 7.05 Å². The predicted molar refractivity (Wildman–Crippen MR) is 109 cm³/mol. The molecular formula is C20H26N6O2. The Hall–Kier alpha value is -3.03. The third kappa shape index (κ3) is 3.67. The number of nitrogens with one attached hydrogen (secondary N) is 2. The molecule has 0 spiro atoms. The molecule has 3 aromatic rings. The second kappa shape index (κ2) is 7.92. The van der Waals surface area contributed by atoms with Gasteiger partial charge < -0.3 is 20.1 Å². The van der Waals surface area contributed by atoms with E-state index in [0.717, 1.165) is 46.8 Å². The number of hydrogen-bond acceptors (Lipinski definition) is 7. The number of fused-ring (bicyclic) bond motifs is 1. The summed E-state index contributed by atoms with van der Waals surface area (Å²) in [7, 11) is 5.21. The Morgan fingerprint density at radius 3 is 2.71 bits per heavy atom. The zero-order chi connectivity index (χ0) is 19.5. The predicted octanol–water partition coefficient (Wildman–Crippen LogP) is 3.35. The average molecular weight is 382 g/mol. The summed E-state index contributed by atoms with van der Waals surface area (Å²) in [5.41, 5.74) is 1.79. The second-order valence-corrected chi connectivity index (χ2v) is 7.06. The van der Waals surface area contributed by atoms with Gasteiger partial charge in [-0.1, -0.05) is 12.8 Å². The van der Waals surface area contributed by atoms with Gasteiger partial charge in [0.25, 0.3) is 0 Å². The summed E-state index contributed by atoms with van der Waals surface area (Å²) >= 11 is 0. The maximum absolute atomic E-state index is 5.48. The summed E-state index contributed by atoms with van der Waals surface area (Å²) in [6.45, 7) is 0.546. The van der Waals surface area contributed by atoms with E-state index in [1.54, 1.807) is 25.1 Å². The molecule has 28 heavy (non-hydrogen) atoms. The number of methoxy groups -OCH3 is 2. The van der Waals surface area contributed by atoms with Crippen molar-refractivity contribution in [3.63, 3.8) is 0 Å². The summed E-state index contributed by atoms with van der Waals surface area (Å²) in [5, 5.41) is 12.1. The van der Waals surface area contributed by atoms with Crippen molar-refractivity contribution in [2.45, 2.75) is 38.3 Å². The highest BCUT2D eigenvalue weighted by Gasteiger charge is 2.18. The van der Waals surface area contributed by atoms with Crippen molar-refractivity contribution >= 4 is 22.8 Å². The molecule has 0 bridgehead atoms. The second-order valence-electron chi connectivity index (χ2n) is 7.06. The van der Waals surface area contributed by atoms with E-state index in [9.17, 15) is 0 Å². The van der Waals surface area contributed by atoms with Crippen molar-refractivity contribution < 1.29 is 9.47 Å². The molecular weight excluding hydrogens is 356 g/mol. The number of ether oxygens (including phenoxy) is 2. The van der Waals surface area contributed by atoms with Crippen LogP contribution in [0.15, 0.2) is 24.4 Å². The van der Waals surface area contributed by atoms with Crippen LogP contribution < -0.4 is 20.1 Å². The van der Waals surface area contributed by atoms with Crippen LogP contribution in [0.1, 0.15) is 31.2 Å². The van der Waals surface area contributed by atoms with Crippen LogP contribution in [0, 0.1) is 0 Å². The molecule has 0 atom stereocenters. The normalized spacial score (nSPS) is 14.4. The molecule has 2 aromatic heterocycles. The SMILES string of the molecule is COc1ccc(OC)c(CNc2nc(NC3CCCC3)nc3c2cnn3C)c1. The standard InChI is InChI=1S/C20H26N6O2/c1-26-19-16(12-22-26)18(24-20(25-19)23-14-6-4-5-7-14)21-11-13-10-15(27-2)8-9-17(13)28-3/h8-10,12,14H,4-7,11H2,1-3H3,(H2,21,23,24,25). The molecule has 148 valence electrons. The van der Waals surface area contributed by atoms with E-state index in [1.165, 1.54) is 12.8 Å². The molecule has 8 heteroatoms. The highest BCUT2D eigenvalue weighted by atomic mass is 16.5. The van der Waals surface area contributed by atoms with E-state index in [2.05, 4.69) is 20.7 Å². The van der Waals surface area contributed by atoms with E-state index < -0.39 is 0 Å². The number of rotatable bonds is 7. The molecule has 1 aromatic carbocycles. The first kappa shape index (κ1) is 18.3. The zero-order valence-corrected chi connectivity index (χ0v) is 16.5. The van der Waals surface area contributed by atoms with Crippen molar-refractivity contribution in [3.05, 3.63) is 30.0 Å². The third-order valence-corrected chi connectivity index (χ3v) is 5.21. The lowest BCUT2D eigenvalue weighted by Crippen LogP contribution is -2.17. The maximum atomic E-state index is 5.48. The summed E-state index contributed by atoms with van der Waals surface area (Å²) in [4.78, 5) is 9.40. The van der Waals surface area contributed by atoms with Gasteiger partial charge in [-0.15, -0.1) is 0 Å². The van der Waals surface area contributed by atoms with Gasteiger partial charge in [-0.25, -0.2) is 0 Å². The lowest BCUT2D eigenvalue weighted by atomic mass is 10.2. The number of anilines is 2. The minimum absolute atomic E-state index is 0.442. The molecule has 2 N–H and O–H groups in total. The summed E-state index contributed by atoms with van der Waals surface area (Å²) in [6, 6.07) is 6.20. The summed E-state index contributed by atoms with van der Waals surface area (Å²) in [6.07, 6.45) is 6.63. The Balaban J connectivity index is 1.62.